The summed E-state index contributed by atoms with van der Waals surface area (Å²) in [6.07, 6.45) is 3.15. The molecule has 0 saturated carbocycles. The van der Waals surface area contributed by atoms with Crippen molar-refractivity contribution < 1.29 is 23.9 Å². The molecule has 0 radical (unpaired) electrons. The number of hydrogen-bond acceptors (Lipinski definition) is 6. The van der Waals surface area contributed by atoms with Crippen molar-refractivity contribution in [2.75, 3.05) is 25.1 Å². The van der Waals surface area contributed by atoms with E-state index in [1.54, 1.807) is 24.3 Å². The minimum absolute atomic E-state index is 0.0473. The van der Waals surface area contributed by atoms with E-state index >= 15 is 0 Å². The minimum Gasteiger partial charge on any atom is -0.484 e. The predicted octanol–water partition coefficient (Wildman–Crippen LogP) is 2.52. The summed E-state index contributed by atoms with van der Waals surface area (Å²) >= 11 is 3.39. The fourth-order valence-corrected chi connectivity index (χ4v) is 3.57. The normalized spacial score (nSPS) is 15.3. The van der Waals surface area contributed by atoms with E-state index < -0.39 is 11.8 Å². The van der Waals surface area contributed by atoms with Crippen LogP contribution in [0.15, 0.2) is 52.0 Å². The highest BCUT2D eigenvalue weighted by molar-refractivity contribution is 9.10. The van der Waals surface area contributed by atoms with E-state index in [2.05, 4.69) is 37.1 Å². The van der Waals surface area contributed by atoms with Gasteiger partial charge in [0.05, 0.1) is 12.3 Å². The van der Waals surface area contributed by atoms with E-state index in [9.17, 15) is 14.4 Å². The summed E-state index contributed by atoms with van der Waals surface area (Å²) < 4.78 is 11.9. The Morgan fingerprint density at radius 3 is 2.82 bits per heavy atom. The van der Waals surface area contributed by atoms with Gasteiger partial charge < -0.3 is 20.1 Å². The predicted molar refractivity (Wildman–Crippen MR) is 127 cm³/mol. The summed E-state index contributed by atoms with van der Waals surface area (Å²) in [4.78, 5) is 35.8. The zero-order chi connectivity index (χ0) is 23.6. The fourth-order valence-electron chi connectivity index (χ4n) is 3.10. The van der Waals surface area contributed by atoms with E-state index in [0.29, 0.717) is 30.2 Å². The minimum atomic E-state index is -0.864. The van der Waals surface area contributed by atoms with Gasteiger partial charge in [-0.25, -0.2) is 5.43 Å². The third-order valence-corrected chi connectivity index (χ3v) is 5.28. The zero-order valence-electron chi connectivity index (χ0n) is 18.1. The maximum atomic E-state index is 12.2. The molecular formula is C23H25BrN4O5. The molecule has 0 aliphatic carbocycles. The summed E-state index contributed by atoms with van der Waals surface area (Å²) in [7, 11) is 0. The lowest BCUT2D eigenvalue weighted by Crippen LogP contribution is -2.41. The number of ether oxygens (including phenoxy) is 2. The van der Waals surface area contributed by atoms with E-state index in [1.807, 2.05) is 25.1 Å². The maximum absolute atomic E-state index is 12.2. The van der Waals surface area contributed by atoms with Crippen LogP contribution in [0, 0.1) is 6.92 Å². The van der Waals surface area contributed by atoms with Crippen molar-refractivity contribution in [3.63, 3.8) is 0 Å². The average Bonchev–Trinajstić information content (AvgIpc) is 3.32. The molecule has 9 nitrogen and oxygen atoms in total. The first-order chi connectivity index (χ1) is 15.9. The topological polar surface area (TPSA) is 118 Å². The van der Waals surface area contributed by atoms with Crippen LogP contribution in [0.5, 0.6) is 5.75 Å². The molecule has 0 bridgehead atoms. The van der Waals surface area contributed by atoms with E-state index in [-0.39, 0.29) is 18.6 Å². The third-order valence-electron chi connectivity index (χ3n) is 4.79. The molecule has 1 fully saturated rings. The van der Waals surface area contributed by atoms with Crippen molar-refractivity contribution in [2.45, 2.75) is 25.9 Å². The summed E-state index contributed by atoms with van der Waals surface area (Å²) in [5.74, 6) is -1.47. The Morgan fingerprint density at radius 1 is 1.21 bits per heavy atom. The average molecular weight is 517 g/mol. The van der Waals surface area contributed by atoms with Crippen LogP contribution in [0.1, 0.15) is 24.0 Å². The van der Waals surface area contributed by atoms with Gasteiger partial charge in [0.1, 0.15) is 5.75 Å². The van der Waals surface area contributed by atoms with E-state index in [1.165, 1.54) is 6.21 Å². The first-order valence-corrected chi connectivity index (χ1v) is 11.2. The lowest BCUT2D eigenvalue weighted by atomic mass is 10.2. The highest BCUT2D eigenvalue weighted by atomic mass is 79.9. The summed E-state index contributed by atoms with van der Waals surface area (Å²) in [6.45, 7) is 2.70. The van der Waals surface area contributed by atoms with Crippen molar-refractivity contribution >= 4 is 45.6 Å². The van der Waals surface area contributed by atoms with Crippen LogP contribution < -0.4 is 20.8 Å². The van der Waals surface area contributed by atoms with Crippen LogP contribution in [-0.2, 0) is 19.1 Å². The number of nitrogens with zero attached hydrogens (tertiary/aromatic N) is 1. The van der Waals surface area contributed by atoms with Crippen LogP contribution in [0.3, 0.4) is 0 Å². The van der Waals surface area contributed by atoms with Gasteiger partial charge in [0.15, 0.2) is 6.61 Å². The zero-order valence-corrected chi connectivity index (χ0v) is 19.7. The van der Waals surface area contributed by atoms with Crippen LogP contribution in [0.2, 0.25) is 0 Å². The fraction of sp³-hybridized carbons (Fsp3) is 0.304. The monoisotopic (exact) mass is 516 g/mol. The van der Waals surface area contributed by atoms with Gasteiger partial charge in [-0.05, 0) is 61.2 Å². The molecule has 174 valence electrons. The summed E-state index contributed by atoms with van der Waals surface area (Å²) in [5.41, 5.74) is 4.44. The number of nitrogens with one attached hydrogen (secondary N) is 3. The lowest BCUT2D eigenvalue weighted by molar-refractivity contribution is -0.139. The van der Waals surface area contributed by atoms with Gasteiger partial charge in [0.25, 0.3) is 5.91 Å². The van der Waals surface area contributed by atoms with Gasteiger partial charge in [-0.3, -0.25) is 14.4 Å². The van der Waals surface area contributed by atoms with Crippen molar-refractivity contribution in [2.24, 2.45) is 5.10 Å². The molecule has 33 heavy (non-hydrogen) atoms. The molecule has 2 aromatic carbocycles. The molecule has 0 unspecified atom stereocenters. The van der Waals surface area contributed by atoms with Gasteiger partial charge in [0.2, 0.25) is 0 Å². The molecule has 0 aromatic heterocycles. The Kier molecular flexibility index (Phi) is 8.96. The Bertz CT molecular complexity index is 1040. The number of rotatable bonds is 8. The van der Waals surface area contributed by atoms with Crippen LogP contribution in [0.4, 0.5) is 5.69 Å². The number of benzene rings is 2. The number of hydrogen-bond donors (Lipinski definition) is 3. The van der Waals surface area contributed by atoms with Crippen molar-refractivity contribution in [1.82, 2.24) is 10.7 Å². The molecular weight excluding hydrogens is 492 g/mol. The smallest absolute Gasteiger partial charge is 0.329 e. The molecule has 1 aliphatic rings. The number of carbonyl (C=O) groups is 3. The lowest BCUT2D eigenvalue weighted by Gasteiger charge is -2.10. The summed E-state index contributed by atoms with van der Waals surface area (Å²) in [5, 5.41) is 9.12. The Labute approximate surface area is 200 Å². The van der Waals surface area contributed by atoms with Gasteiger partial charge in [-0.15, -0.1) is 0 Å². The molecule has 3 rings (SSSR count). The number of amides is 3. The SMILES string of the molecule is Cc1cc(Br)ccc1NC(=O)COc1cccc(/C=N\NC(=O)C(=O)NC[C@H]2CCCO2)c1. The van der Waals surface area contributed by atoms with Crippen molar-refractivity contribution in [3.8, 4) is 5.75 Å². The standard InChI is InChI=1S/C23H25BrN4O5/c1-15-10-17(24)7-8-20(15)27-21(29)14-33-18-5-2-4-16(11-18)12-26-28-23(31)22(30)25-13-19-6-3-9-32-19/h2,4-5,7-8,10-12,19H,3,6,9,13-14H2,1H3,(H,25,30)(H,27,29)(H,28,31)/b26-12-/t19-/m1/s1. The second-order valence-electron chi connectivity index (χ2n) is 7.41. The van der Waals surface area contributed by atoms with Gasteiger partial charge in [-0.1, -0.05) is 28.1 Å². The van der Waals surface area contributed by atoms with Gasteiger partial charge >= 0.3 is 11.8 Å². The Balaban J connectivity index is 1.43. The third kappa shape index (κ3) is 7.99. The first kappa shape index (κ1) is 24.4. The van der Waals surface area contributed by atoms with Crippen LogP contribution in [0.25, 0.3) is 0 Å². The first-order valence-electron chi connectivity index (χ1n) is 10.4. The Morgan fingerprint density at radius 2 is 2.06 bits per heavy atom. The highest BCUT2D eigenvalue weighted by Gasteiger charge is 2.19. The van der Waals surface area contributed by atoms with E-state index in [4.69, 9.17) is 9.47 Å². The van der Waals surface area contributed by atoms with Crippen LogP contribution >= 0.6 is 15.9 Å². The van der Waals surface area contributed by atoms with Gasteiger partial charge in [-0.2, -0.15) is 5.10 Å². The van der Waals surface area contributed by atoms with Crippen molar-refractivity contribution in [3.05, 3.63) is 58.1 Å². The molecule has 1 aliphatic heterocycles. The number of aryl methyl sites for hydroxylation is 1. The molecule has 1 saturated heterocycles. The van der Waals surface area contributed by atoms with Crippen LogP contribution in [-0.4, -0.2) is 49.8 Å². The molecule has 3 amide bonds. The van der Waals surface area contributed by atoms with Gasteiger partial charge in [0, 0.05) is 23.3 Å². The molecule has 0 spiro atoms. The van der Waals surface area contributed by atoms with Crippen molar-refractivity contribution in [1.29, 1.82) is 0 Å². The molecule has 1 heterocycles. The number of halogens is 1. The molecule has 3 N–H and O–H groups in total. The number of carbonyl (C=O) groups excluding carboxylic acids is 3. The number of hydrazone groups is 1. The highest BCUT2D eigenvalue weighted by Crippen LogP contribution is 2.20. The molecule has 10 heteroatoms. The molecule has 2 aromatic rings. The molecule has 1 atom stereocenters. The largest absolute Gasteiger partial charge is 0.484 e. The number of anilines is 1. The second-order valence-corrected chi connectivity index (χ2v) is 8.33. The summed E-state index contributed by atoms with van der Waals surface area (Å²) in [6, 6.07) is 12.4. The Hall–Kier alpha value is -3.24. The quantitative estimate of drug-likeness (QED) is 0.283. The van der Waals surface area contributed by atoms with E-state index in [0.717, 1.165) is 22.9 Å². The maximum Gasteiger partial charge on any atom is 0.329 e. The second kappa shape index (κ2) is 12.1.